The highest BCUT2D eigenvalue weighted by molar-refractivity contribution is 5.84. The highest BCUT2D eigenvalue weighted by Gasteiger charge is 2.14. The predicted molar refractivity (Wildman–Crippen MR) is 91.9 cm³/mol. The Hall–Kier alpha value is -3.42. The number of methoxy groups -OCH3 is 1. The Morgan fingerprint density at radius 1 is 1.16 bits per heavy atom. The van der Waals surface area contributed by atoms with Gasteiger partial charge in [-0.25, -0.2) is 5.43 Å². The zero-order valence-electron chi connectivity index (χ0n) is 13.7. The normalized spacial score (nSPS) is 11.8. The first-order valence-corrected chi connectivity index (χ1v) is 7.37. The minimum atomic E-state index is -0.811. The van der Waals surface area contributed by atoms with Crippen molar-refractivity contribution in [2.75, 3.05) is 7.11 Å². The first kappa shape index (κ1) is 17.9. The van der Waals surface area contributed by atoms with Gasteiger partial charge in [-0.05, 0) is 48.9 Å². The third kappa shape index (κ3) is 5.31. The summed E-state index contributed by atoms with van der Waals surface area (Å²) in [5, 5.41) is 14.5. The second-order valence-corrected chi connectivity index (χ2v) is 5.02. The SMILES string of the molecule is COc1ccc(/C=N\NC(=O)[C@@H](C)Oc2ccc([N+](=O)[O-])cc2)cc1. The molecule has 1 atom stereocenters. The average Bonchev–Trinajstić information content (AvgIpc) is 2.62. The van der Waals surface area contributed by atoms with E-state index in [9.17, 15) is 14.9 Å². The van der Waals surface area contributed by atoms with Gasteiger partial charge in [0.15, 0.2) is 6.10 Å². The molecule has 0 bridgehead atoms. The second kappa shape index (κ2) is 8.44. The molecule has 2 aromatic rings. The lowest BCUT2D eigenvalue weighted by atomic mass is 10.2. The van der Waals surface area contributed by atoms with E-state index in [0.717, 1.165) is 11.3 Å². The van der Waals surface area contributed by atoms with E-state index in [2.05, 4.69) is 10.5 Å². The van der Waals surface area contributed by atoms with Crippen molar-refractivity contribution in [2.45, 2.75) is 13.0 Å². The van der Waals surface area contributed by atoms with Gasteiger partial charge in [0.05, 0.1) is 18.2 Å². The van der Waals surface area contributed by atoms with Gasteiger partial charge >= 0.3 is 0 Å². The molecule has 0 aliphatic rings. The van der Waals surface area contributed by atoms with E-state index in [0.29, 0.717) is 5.75 Å². The monoisotopic (exact) mass is 343 g/mol. The number of benzene rings is 2. The molecule has 0 aromatic heterocycles. The van der Waals surface area contributed by atoms with E-state index in [1.807, 2.05) is 0 Å². The molecule has 0 heterocycles. The van der Waals surface area contributed by atoms with Crippen LogP contribution in [0.4, 0.5) is 5.69 Å². The van der Waals surface area contributed by atoms with Crippen molar-refractivity contribution in [3.63, 3.8) is 0 Å². The first-order valence-electron chi connectivity index (χ1n) is 7.37. The molecule has 8 heteroatoms. The van der Waals surface area contributed by atoms with Crippen molar-refractivity contribution in [3.8, 4) is 11.5 Å². The number of nitro benzene ring substituents is 1. The topological polar surface area (TPSA) is 103 Å². The van der Waals surface area contributed by atoms with E-state index in [1.54, 1.807) is 38.3 Å². The molecular weight excluding hydrogens is 326 g/mol. The molecule has 0 radical (unpaired) electrons. The van der Waals surface area contributed by atoms with Crippen molar-refractivity contribution in [1.82, 2.24) is 5.43 Å². The van der Waals surface area contributed by atoms with Crippen molar-refractivity contribution in [2.24, 2.45) is 5.10 Å². The van der Waals surface area contributed by atoms with Crippen molar-refractivity contribution in [1.29, 1.82) is 0 Å². The lowest BCUT2D eigenvalue weighted by Gasteiger charge is -2.12. The number of carbonyl (C=O) groups is 1. The molecule has 0 saturated heterocycles. The molecule has 1 amide bonds. The average molecular weight is 343 g/mol. The third-order valence-corrected chi connectivity index (χ3v) is 3.23. The molecule has 0 spiro atoms. The highest BCUT2D eigenvalue weighted by Crippen LogP contribution is 2.18. The van der Waals surface area contributed by atoms with E-state index in [4.69, 9.17) is 9.47 Å². The summed E-state index contributed by atoms with van der Waals surface area (Å²) in [6.45, 7) is 1.56. The summed E-state index contributed by atoms with van der Waals surface area (Å²) in [6, 6.07) is 12.6. The fraction of sp³-hybridized carbons (Fsp3) is 0.176. The quantitative estimate of drug-likeness (QED) is 0.473. The number of nitrogens with one attached hydrogen (secondary N) is 1. The smallest absolute Gasteiger partial charge is 0.280 e. The fourth-order valence-electron chi connectivity index (χ4n) is 1.86. The number of nitro groups is 1. The van der Waals surface area contributed by atoms with Gasteiger partial charge in [0.25, 0.3) is 11.6 Å². The Balaban J connectivity index is 1.86. The summed E-state index contributed by atoms with van der Waals surface area (Å²) in [5.74, 6) is 0.641. The van der Waals surface area contributed by atoms with Gasteiger partial charge in [0, 0.05) is 12.1 Å². The minimum absolute atomic E-state index is 0.0476. The largest absolute Gasteiger partial charge is 0.497 e. The van der Waals surface area contributed by atoms with Crippen LogP contribution in [0, 0.1) is 10.1 Å². The van der Waals surface area contributed by atoms with Crippen molar-refractivity contribution in [3.05, 3.63) is 64.2 Å². The van der Waals surface area contributed by atoms with E-state index >= 15 is 0 Å². The molecule has 2 rings (SSSR count). The van der Waals surface area contributed by atoms with Crippen LogP contribution in [-0.2, 0) is 4.79 Å². The number of carbonyl (C=O) groups excluding carboxylic acids is 1. The lowest BCUT2D eigenvalue weighted by Crippen LogP contribution is -2.33. The molecular formula is C17H17N3O5. The van der Waals surface area contributed by atoms with Gasteiger partial charge in [-0.2, -0.15) is 5.10 Å². The number of hydrazone groups is 1. The maximum absolute atomic E-state index is 11.9. The summed E-state index contributed by atoms with van der Waals surface area (Å²) in [5.41, 5.74) is 3.12. The fourth-order valence-corrected chi connectivity index (χ4v) is 1.86. The summed E-state index contributed by atoms with van der Waals surface area (Å²) < 4.78 is 10.5. The second-order valence-electron chi connectivity index (χ2n) is 5.02. The van der Waals surface area contributed by atoms with E-state index < -0.39 is 16.9 Å². The molecule has 0 saturated carbocycles. The van der Waals surface area contributed by atoms with Crippen molar-refractivity contribution >= 4 is 17.8 Å². The number of non-ortho nitro benzene ring substituents is 1. The number of amides is 1. The molecule has 8 nitrogen and oxygen atoms in total. The molecule has 0 fully saturated rings. The molecule has 1 N–H and O–H groups in total. The number of nitrogens with zero attached hydrogens (tertiary/aromatic N) is 2. The van der Waals surface area contributed by atoms with Crippen LogP contribution >= 0.6 is 0 Å². The molecule has 0 aliphatic heterocycles. The van der Waals surface area contributed by atoms with Gasteiger partial charge in [-0.3, -0.25) is 14.9 Å². The molecule has 0 aliphatic carbocycles. The Kier molecular flexibility index (Phi) is 6.05. The minimum Gasteiger partial charge on any atom is -0.497 e. The Bertz CT molecular complexity index is 757. The van der Waals surface area contributed by atoms with Crippen LogP contribution in [0.3, 0.4) is 0 Å². The summed E-state index contributed by atoms with van der Waals surface area (Å²) in [7, 11) is 1.58. The lowest BCUT2D eigenvalue weighted by molar-refractivity contribution is -0.384. The highest BCUT2D eigenvalue weighted by atomic mass is 16.6. The van der Waals surface area contributed by atoms with E-state index in [1.165, 1.54) is 30.5 Å². The third-order valence-electron chi connectivity index (χ3n) is 3.23. The van der Waals surface area contributed by atoms with Crippen LogP contribution in [0.5, 0.6) is 11.5 Å². The van der Waals surface area contributed by atoms with Crippen LogP contribution in [0.2, 0.25) is 0 Å². The Morgan fingerprint density at radius 3 is 2.32 bits per heavy atom. The molecule has 25 heavy (non-hydrogen) atoms. The molecule has 130 valence electrons. The van der Waals surface area contributed by atoms with Crippen LogP contribution in [0.15, 0.2) is 53.6 Å². The predicted octanol–water partition coefficient (Wildman–Crippen LogP) is 2.52. The number of rotatable bonds is 7. The van der Waals surface area contributed by atoms with Gasteiger partial charge in [-0.15, -0.1) is 0 Å². The Labute approximate surface area is 144 Å². The molecule has 2 aromatic carbocycles. The standard InChI is InChI=1S/C17H17N3O5/c1-12(25-16-9-5-14(6-10-16)20(22)23)17(21)19-18-11-13-3-7-15(24-2)8-4-13/h3-12H,1-2H3,(H,19,21)/b18-11-/t12-/m1/s1. The van der Waals surface area contributed by atoms with Crippen LogP contribution < -0.4 is 14.9 Å². The van der Waals surface area contributed by atoms with Gasteiger partial charge in [0.2, 0.25) is 0 Å². The summed E-state index contributed by atoms with van der Waals surface area (Å²) >= 11 is 0. The Morgan fingerprint density at radius 2 is 1.76 bits per heavy atom. The van der Waals surface area contributed by atoms with Crippen LogP contribution in [0.1, 0.15) is 12.5 Å². The number of hydrogen-bond acceptors (Lipinski definition) is 6. The van der Waals surface area contributed by atoms with Crippen molar-refractivity contribution < 1.29 is 19.2 Å². The van der Waals surface area contributed by atoms with Gasteiger partial charge < -0.3 is 9.47 Å². The van der Waals surface area contributed by atoms with Gasteiger partial charge in [-0.1, -0.05) is 0 Å². The van der Waals surface area contributed by atoms with Gasteiger partial charge in [0.1, 0.15) is 11.5 Å². The van der Waals surface area contributed by atoms with Crippen LogP contribution in [0.25, 0.3) is 0 Å². The first-order chi connectivity index (χ1) is 12.0. The maximum atomic E-state index is 11.9. The maximum Gasteiger partial charge on any atom is 0.280 e. The zero-order valence-corrected chi connectivity index (χ0v) is 13.7. The zero-order chi connectivity index (χ0) is 18.2. The summed E-state index contributed by atoms with van der Waals surface area (Å²) in [4.78, 5) is 22.0. The number of ether oxygens (including phenoxy) is 2. The number of hydrogen-bond donors (Lipinski definition) is 1. The van der Waals surface area contributed by atoms with E-state index in [-0.39, 0.29) is 5.69 Å². The summed E-state index contributed by atoms with van der Waals surface area (Å²) in [6.07, 6.45) is 0.685. The molecule has 0 unspecified atom stereocenters. The van der Waals surface area contributed by atoms with Crippen LogP contribution in [-0.4, -0.2) is 30.3 Å².